The summed E-state index contributed by atoms with van der Waals surface area (Å²) < 4.78 is 1.97. The third-order valence-electron chi connectivity index (χ3n) is 5.60. The Morgan fingerprint density at radius 2 is 1.91 bits per heavy atom. The minimum absolute atomic E-state index is 0.0661. The van der Waals surface area contributed by atoms with Gasteiger partial charge in [0.1, 0.15) is 0 Å². The average molecular weight is 297 g/mol. The third-order valence-corrected chi connectivity index (χ3v) is 5.60. The van der Waals surface area contributed by atoms with Gasteiger partial charge in [0.05, 0.1) is 17.4 Å². The molecule has 0 atom stereocenters. The molecule has 0 aliphatic heterocycles. The predicted octanol–water partition coefficient (Wildman–Crippen LogP) is 3.27. The van der Waals surface area contributed by atoms with Crippen LogP contribution in [0.2, 0.25) is 0 Å². The fraction of sp³-hybridized carbons (Fsp3) is 0.556. The lowest BCUT2D eigenvalue weighted by atomic mass is 9.68. The number of carbonyl (C=O) groups excluding carboxylic acids is 1. The molecule has 1 amide bonds. The molecule has 4 rings (SSSR count). The van der Waals surface area contributed by atoms with Gasteiger partial charge in [-0.1, -0.05) is 12.8 Å². The quantitative estimate of drug-likeness (QED) is 0.941. The second-order valence-electron chi connectivity index (χ2n) is 6.94. The van der Waals surface area contributed by atoms with Crippen LogP contribution in [0.15, 0.2) is 24.5 Å². The van der Waals surface area contributed by atoms with Crippen LogP contribution in [0.1, 0.15) is 48.9 Å². The van der Waals surface area contributed by atoms with Crippen LogP contribution in [0.5, 0.6) is 0 Å². The lowest BCUT2D eigenvalue weighted by Gasteiger charge is -2.42. The molecule has 1 aromatic heterocycles. The zero-order valence-electron chi connectivity index (χ0n) is 13.1. The van der Waals surface area contributed by atoms with E-state index in [4.69, 9.17) is 0 Å². The number of aromatic nitrogens is 2. The van der Waals surface area contributed by atoms with Crippen molar-refractivity contribution in [2.24, 2.45) is 18.9 Å². The van der Waals surface area contributed by atoms with E-state index in [-0.39, 0.29) is 5.91 Å². The highest BCUT2D eigenvalue weighted by atomic mass is 16.1. The number of fused-ring (bicyclic) bond motifs is 1. The molecule has 4 nitrogen and oxygen atoms in total. The molecule has 0 radical (unpaired) electrons. The first kappa shape index (κ1) is 13.8. The summed E-state index contributed by atoms with van der Waals surface area (Å²) in [5.74, 6) is 1.47. The Balaban J connectivity index is 1.53. The van der Waals surface area contributed by atoms with E-state index >= 15 is 0 Å². The van der Waals surface area contributed by atoms with Crippen molar-refractivity contribution in [3.63, 3.8) is 0 Å². The monoisotopic (exact) mass is 297 g/mol. The Morgan fingerprint density at radius 3 is 2.50 bits per heavy atom. The van der Waals surface area contributed by atoms with Crippen molar-refractivity contribution in [2.75, 3.05) is 0 Å². The van der Waals surface area contributed by atoms with Gasteiger partial charge >= 0.3 is 0 Å². The maximum atomic E-state index is 12.6. The van der Waals surface area contributed by atoms with Gasteiger partial charge in [0.15, 0.2) is 0 Å². The van der Waals surface area contributed by atoms with Crippen molar-refractivity contribution in [3.8, 4) is 0 Å². The van der Waals surface area contributed by atoms with Crippen LogP contribution in [0.3, 0.4) is 0 Å². The fourth-order valence-electron chi connectivity index (χ4n) is 3.73. The summed E-state index contributed by atoms with van der Waals surface area (Å²) in [5.41, 5.74) is 2.68. The number of benzene rings is 1. The van der Waals surface area contributed by atoms with Crippen LogP contribution < -0.4 is 5.32 Å². The van der Waals surface area contributed by atoms with Gasteiger partial charge in [0.2, 0.25) is 0 Å². The highest BCUT2D eigenvalue weighted by Crippen LogP contribution is 2.40. The fourth-order valence-corrected chi connectivity index (χ4v) is 3.73. The lowest BCUT2D eigenvalue weighted by Crippen LogP contribution is -2.49. The van der Waals surface area contributed by atoms with Crippen LogP contribution in [0, 0.1) is 11.8 Å². The SMILES string of the molecule is Cn1cnc2cc(C(=O)NC(C3CCC3)C3CCC3)ccc21. The van der Waals surface area contributed by atoms with Crippen molar-refractivity contribution in [1.82, 2.24) is 14.9 Å². The Morgan fingerprint density at radius 1 is 1.23 bits per heavy atom. The third kappa shape index (κ3) is 2.31. The number of amides is 1. The molecule has 2 aliphatic rings. The van der Waals surface area contributed by atoms with Gasteiger partial charge in [-0.15, -0.1) is 0 Å². The zero-order chi connectivity index (χ0) is 15.1. The van der Waals surface area contributed by atoms with E-state index in [1.165, 1.54) is 38.5 Å². The number of rotatable bonds is 4. The lowest BCUT2D eigenvalue weighted by molar-refractivity contribution is 0.0789. The number of nitrogens with zero attached hydrogens (tertiary/aromatic N) is 2. The number of carbonyl (C=O) groups is 1. The van der Waals surface area contributed by atoms with Gasteiger partial charge in [-0.25, -0.2) is 4.98 Å². The molecular formula is C18H23N3O. The summed E-state index contributed by atoms with van der Waals surface area (Å²) in [7, 11) is 1.97. The molecule has 1 N–H and O–H groups in total. The summed E-state index contributed by atoms with van der Waals surface area (Å²) >= 11 is 0. The first-order chi connectivity index (χ1) is 10.7. The minimum atomic E-state index is 0.0661. The van der Waals surface area contributed by atoms with Gasteiger partial charge in [-0.05, 0) is 55.7 Å². The highest BCUT2D eigenvalue weighted by Gasteiger charge is 2.37. The summed E-state index contributed by atoms with van der Waals surface area (Å²) in [6.07, 6.45) is 9.55. The van der Waals surface area contributed by atoms with E-state index in [0.29, 0.717) is 17.9 Å². The molecule has 1 heterocycles. The minimum Gasteiger partial charge on any atom is -0.349 e. The summed E-state index contributed by atoms with van der Waals surface area (Å²) in [6, 6.07) is 6.19. The number of aryl methyl sites for hydroxylation is 1. The molecule has 0 bridgehead atoms. The van der Waals surface area contributed by atoms with Gasteiger partial charge in [0, 0.05) is 18.7 Å². The molecule has 116 valence electrons. The average Bonchev–Trinajstić information content (AvgIpc) is 2.76. The van der Waals surface area contributed by atoms with Gasteiger partial charge in [-0.2, -0.15) is 0 Å². The molecule has 2 saturated carbocycles. The van der Waals surface area contributed by atoms with Crippen LogP contribution in [0.4, 0.5) is 0 Å². The van der Waals surface area contributed by atoms with E-state index in [1.807, 2.05) is 29.8 Å². The Labute approximate surface area is 130 Å². The summed E-state index contributed by atoms with van der Waals surface area (Å²) in [5, 5.41) is 3.34. The second kappa shape index (κ2) is 5.41. The maximum Gasteiger partial charge on any atom is 0.251 e. The normalized spacial score (nSPS) is 19.2. The Kier molecular flexibility index (Phi) is 3.40. The van der Waals surface area contributed by atoms with E-state index in [0.717, 1.165) is 16.6 Å². The number of nitrogens with one attached hydrogen (secondary N) is 1. The molecule has 4 heteroatoms. The van der Waals surface area contributed by atoms with Gasteiger partial charge < -0.3 is 9.88 Å². The van der Waals surface area contributed by atoms with Crippen molar-refractivity contribution in [3.05, 3.63) is 30.1 Å². The van der Waals surface area contributed by atoms with Gasteiger partial charge in [0.25, 0.3) is 5.91 Å². The van der Waals surface area contributed by atoms with Crippen molar-refractivity contribution in [1.29, 1.82) is 0 Å². The predicted molar refractivity (Wildman–Crippen MR) is 86.7 cm³/mol. The van der Waals surface area contributed by atoms with Crippen molar-refractivity contribution >= 4 is 16.9 Å². The van der Waals surface area contributed by atoms with Gasteiger partial charge in [-0.3, -0.25) is 4.79 Å². The molecule has 0 unspecified atom stereocenters. The largest absolute Gasteiger partial charge is 0.349 e. The molecule has 0 spiro atoms. The van der Waals surface area contributed by atoms with Crippen LogP contribution in [0.25, 0.3) is 11.0 Å². The zero-order valence-corrected chi connectivity index (χ0v) is 13.1. The Hall–Kier alpha value is -1.84. The summed E-state index contributed by atoms with van der Waals surface area (Å²) in [6.45, 7) is 0. The topological polar surface area (TPSA) is 46.9 Å². The van der Waals surface area contributed by atoms with Crippen LogP contribution >= 0.6 is 0 Å². The smallest absolute Gasteiger partial charge is 0.251 e. The number of hydrogen-bond donors (Lipinski definition) is 1. The first-order valence-electron chi connectivity index (χ1n) is 8.44. The standard InChI is InChI=1S/C18H23N3O/c1-21-11-19-15-10-14(8-9-16(15)21)18(22)20-17(12-4-2-5-12)13-6-3-7-13/h8-13,17H,2-7H2,1H3,(H,20,22). The van der Waals surface area contributed by atoms with E-state index in [2.05, 4.69) is 10.3 Å². The first-order valence-corrected chi connectivity index (χ1v) is 8.44. The highest BCUT2D eigenvalue weighted by molar-refractivity contribution is 5.97. The Bertz CT molecular complexity index is 683. The summed E-state index contributed by atoms with van der Waals surface area (Å²) in [4.78, 5) is 17.0. The molecule has 22 heavy (non-hydrogen) atoms. The van der Waals surface area contributed by atoms with Crippen molar-refractivity contribution in [2.45, 2.75) is 44.6 Å². The van der Waals surface area contributed by atoms with Crippen LogP contribution in [-0.2, 0) is 7.05 Å². The molecule has 1 aromatic carbocycles. The van der Waals surface area contributed by atoms with E-state index < -0.39 is 0 Å². The number of imidazole rings is 1. The number of hydrogen-bond acceptors (Lipinski definition) is 2. The molecule has 2 aromatic rings. The van der Waals surface area contributed by atoms with Crippen molar-refractivity contribution < 1.29 is 4.79 Å². The molecule has 2 aliphatic carbocycles. The molecule has 2 fully saturated rings. The molecule has 0 saturated heterocycles. The maximum absolute atomic E-state index is 12.6. The van der Waals surface area contributed by atoms with E-state index in [1.54, 1.807) is 6.33 Å². The van der Waals surface area contributed by atoms with Crippen LogP contribution in [-0.4, -0.2) is 21.5 Å². The second-order valence-corrected chi connectivity index (χ2v) is 6.94. The molecular weight excluding hydrogens is 274 g/mol. The van der Waals surface area contributed by atoms with E-state index in [9.17, 15) is 4.79 Å².